The Hall–Kier alpha value is -1.66. The minimum atomic E-state index is -0.205. The van der Waals surface area contributed by atoms with Crippen LogP contribution in [0.3, 0.4) is 0 Å². The van der Waals surface area contributed by atoms with Gasteiger partial charge in [0.05, 0.1) is 13.2 Å². The number of hydrogen-bond donors (Lipinski definition) is 1. The molecule has 0 spiro atoms. The zero-order chi connectivity index (χ0) is 18.2. The molecule has 1 aromatic rings. The molecule has 0 unspecified atom stereocenters. The molecule has 0 saturated carbocycles. The Morgan fingerprint density at radius 3 is 2.81 bits per heavy atom. The van der Waals surface area contributed by atoms with Crippen LogP contribution in [0, 0.1) is 5.82 Å². The number of benzene rings is 1. The highest BCUT2D eigenvalue weighted by atomic mass is 19.1. The van der Waals surface area contributed by atoms with Gasteiger partial charge in [-0.05, 0) is 43.7 Å². The van der Waals surface area contributed by atoms with Crippen LogP contribution in [0.2, 0.25) is 0 Å². The molecule has 2 amide bonds. The Balaban J connectivity index is 1.45. The third kappa shape index (κ3) is 5.42. The lowest BCUT2D eigenvalue weighted by Gasteiger charge is -2.37. The molecule has 2 aliphatic heterocycles. The van der Waals surface area contributed by atoms with Crippen molar-refractivity contribution in [1.82, 2.24) is 15.1 Å². The third-order valence-electron chi connectivity index (χ3n) is 5.40. The van der Waals surface area contributed by atoms with E-state index in [0.717, 1.165) is 58.7 Å². The summed E-state index contributed by atoms with van der Waals surface area (Å²) < 4.78 is 19.1. The molecule has 2 saturated heterocycles. The zero-order valence-corrected chi connectivity index (χ0v) is 15.5. The van der Waals surface area contributed by atoms with Gasteiger partial charge in [0.15, 0.2) is 0 Å². The maximum absolute atomic E-state index is 13.7. The topological polar surface area (TPSA) is 44.8 Å². The van der Waals surface area contributed by atoms with Gasteiger partial charge in [-0.3, -0.25) is 4.90 Å². The fourth-order valence-electron chi connectivity index (χ4n) is 3.83. The van der Waals surface area contributed by atoms with E-state index in [1.54, 1.807) is 12.1 Å². The average molecular weight is 363 g/mol. The molecule has 0 aliphatic carbocycles. The van der Waals surface area contributed by atoms with E-state index < -0.39 is 0 Å². The number of urea groups is 1. The second-order valence-corrected chi connectivity index (χ2v) is 7.16. The van der Waals surface area contributed by atoms with Crippen LogP contribution in [0.15, 0.2) is 24.3 Å². The van der Waals surface area contributed by atoms with Crippen LogP contribution in [-0.4, -0.2) is 67.8 Å². The average Bonchev–Trinajstić information content (AvgIpc) is 2.69. The van der Waals surface area contributed by atoms with Gasteiger partial charge in [0.25, 0.3) is 0 Å². The predicted molar refractivity (Wildman–Crippen MR) is 99.7 cm³/mol. The van der Waals surface area contributed by atoms with Crippen LogP contribution in [0.5, 0.6) is 0 Å². The van der Waals surface area contributed by atoms with Gasteiger partial charge in [0.1, 0.15) is 5.82 Å². The summed E-state index contributed by atoms with van der Waals surface area (Å²) in [6.45, 7) is 5.90. The molecular weight excluding hydrogens is 333 g/mol. The van der Waals surface area contributed by atoms with E-state index in [2.05, 4.69) is 10.2 Å². The Morgan fingerprint density at radius 1 is 1.19 bits per heavy atom. The largest absolute Gasteiger partial charge is 0.379 e. The molecule has 6 heteroatoms. The molecule has 26 heavy (non-hydrogen) atoms. The number of morpholine rings is 1. The van der Waals surface area contributed by atoms with Crippen LogP contribution in [-0.2, 0) is 11.2 Å². The maximum atomic E-state index is 13.7. The maximum Gasteiger partial charge on any atom is 0.317 e. The summed E-state index contributed by atoms with van der Waals surface area (Å²) in [6.07, 6.45) is 4.86. The van der Waals surface area contributed by atoms with Crippen LogP contribution in [0.25, 0.3) is 0 Å². The number of carbonyl (C=O) groups excluding carboxylic acids is 1. The van der Waals surface area contributed by atoms with Gasteiger partial charge in [-0.25, -0.2) is 9.18 Å². The quantitative estimate of drug-likeness (QED) is 0.845. The first-order chi connectivity index (χ1) is 12.7. The van der Waals surface area contributed by atoms with Crippen LogP contribution in [0.1, 0.15) is 31.2 Å². The molecule has 1 N–H and O–H groups in total. The predicted octanol–water partition coefficient (Wildman–Crippen LogP) is 2.65. The molecule has 2 heterocycles. The van der Waals surface area contributed by atoms with Crippen molar-refractivity contribution in [2.45, 2.75) is 38.1 Å². The molecule has 3 rings (SSSR count). The summed E-state index contributed by atoms with van der Waals surface area (Å²) in [6, 6.07) is 7.04. The second kappa shape index (κ2) is 9.88. The molecule has 5 nitrogen and oxygen atoms in total. The lowest BCUT2D eigenvalue weighted by molar-refractivity contribution is 0.0326. The van der Waals surface area contributed by atoms with E-state index in [1.807, 2.05) is 11.0 Å². The first-order valence-electron chi connectivity index (χ1n) is 9.82. The van der Waals surface area contributed by atoms with Gasteiger partial charge in [-0.15, -0.1) is 0 Å². The highest BCUT2D eigenvalue weighted by molar-refractivity contribution is 5.74. The smallest absolute Gasteiger partial charge is 0.317 e. The molecule has 0 bridgehead atoms. The number of piperidine rings is 1. The van der Waals surface area contributed by atoms with Gasteiger partial charge < -0.3 is 15.0 Å². The molecule has 2 aliphatic rings. The molecule has 0 aromatic heterocycles. The summed E-state index contributed by atoms with van der Waals surface area (Å²) in [5, 5.41) is 2.98. The number of nitrogens with zero attached hydrogens (tertiary/aromatic N) is 2. The molecule has 2 fully saturated rings. The highest BCUT2D eigenvalue weighted by Gasteiger charge is 2.27. The summed E-state index contributed by atoms with van der Waals surface area (Å²) in [5.41, 5.74) is 0.648. The van der Waals surface area contributed by atoms with E-state index in [9.17, 15) is 9.18 Å². The van der Waals surface area contributed by atoms with E-state index in [-0.39, 0.29) is 11.8 Å². The van der Waals surface area contributed by atoms with E-state index in [1.165, 1.54) is 12.5 Å². The van der Waals surface area contributed by atoms with Crippen molar-refractivity contribution in [2.75, 3.05) is 45.9 Å². The number of likely N-dealkylation sites (tertiary alicyclic amines) is 1. The van der Waals surface area contributed by atoms with E-state index in [0.29, 0.717) is 24.6 Å². The molecule has 1 atom stereocenters. The van der Waals surface area contributed by atoms with Crippen molar-refractivity contribution in [3.05, 3.63) is 35.6 Å². The fourth-order valence-corrected chi connectivity index (χ4v) is 3.83. The normalized spacial score (nSPS) is 21.6. The van der Waals surface area contributed by atoms with Crippen molar-refractivity contribution in [2.24, 2.45) is 0 Å². The number of ether oxygens (including phenoxy) is 1. The first-order valence-corrected chi connectivity index (χ1v) is 9.82. The SMILES string of the molecule is O=C(NCCc1ccccc1F)N1CCCC[C@H]1CCN1CCOCC1. The Bertz CT molecular complexity index is 578. The third-order valence-corrected chi connectivity index (χ3v) is 5.40. The van der Waals surface area contributed by atoms with Crippen molar-refractivity contribution >= 4 is 6.03 Å². The number of carbonyl (C=O) groups is 1. The lowest BCUT2D eigenvalue weighted by atomic mass is 9.99. The number of rotatable bonds is 6. The highest BCUT2D eigenvalue weighted by Crippen LogP contribution is 2.20. The zero-order valence-electron chi connectivity index (χ0n) is 15.5. The Labute approximate surface area is 155 Å². The summed E-state index contributed by atoms with van der Waals surface area (Å²) in [4.78, 5) is 17.0. The first kappa shape index (κ1) is 19.1. The van der Waals surface area contributed by atoms with Crippen LogP contribution in [0.4, 0.5) is 9.18 Å². The number of nitrogens with one attached hydrogen (secondary N) is 1. The Kier molecular flexibility index (Phi) is 7.26. The van der Waals surface area contributed by atoms with Crippen molar-refractivity contribution in [3.8, 4) is 0 Å². The summed E-state index contributed by atoms with van der Waals surface area (Å²) in [7, 11) is 0. The van der Waals surface area contributed by atoms with Crippen LogP contribution < -0.4 is 5.32 Å². The van der Waals surface area contributed by atoms with Crippen molar-refractivity contribution < 1.29 is 13.9 Å². The minimum absolute atomic E-state index is 0.00647. The van der Waals surface area contributed by atoms with Gasteiger partial charge in [0.2, 0.25) is 0 Å². The monoisotopic (exact) mass is 363 g/mol. The molecule has 0 radical (unpaired) electrons. The molecule has 144 valence electrons. The van der Waals surface area contributed by atoms with Gasteiger partial charge >= 0.3 is 6.03 Å². The van der Waals surface area contributed by atoms with Crippen molar-refractivity contribution in [3.63, 3.8) is 0 Å². The van der Waals surface area contributed by atoms with Gasteiger partial charge in [-0.2, -0.15) is 0 Å². The van der Waals surface area contributed by atoms with Crippen LogP contribution >= 0.6 is 0 Å². The van der Waals surface area contributed by atoms with E-state index >= 15 is 0 Å². The Morgan fingerprint density at radius 2 is 2.00 bits per heavy atom. The number of amides is 2. The number of hydrogen-bond acceptors (Lipinski definition) is 3. The number of halogens is 1. The molecular formula is C20H30FN3O2. The van der Waals surface area contributed by atoms with Gasteiger partial charge in [-0.1, -0.05) is 18.2 Å². The van der Waals surface area contributed by atoms with E-state index in [4.69, 9.17) is 4.74 Å². The lowest BCUT2D eigenvalue weighted by Crippen LogP contribution is -2.50. The van der Waals surface area contributed by atoms with Gasteiger partial charge in [0, 0.05) is 38.8 Å². The second-order valence-electron chi connectivity index (χ2n) is 7.16. The fraction of sp³-hybridized carbons (Fsp3) is 0.650. The minimum Gasteiger partial charge on any atom is -0.379 e. The molecule has 1 aromatic carbocycles. The summed E-state index contributed by atoms with van der Waals surface area (Å²) in [5.74, 6) is -0.205. The van der Waals surface area contributed by atoms with Crippen molar-refractivity contribution in [1.29, 1.82) is 0 Å². The standard InChI is InChI=1S/C20H30FN3O2/c21-19-7-2-1-5-17(19)8-10-22-20(25)24-11-4-3-6-18(24)9-12-23-13-15-26-16-14-23/h1-2,5,7,18H,3-4,6,8-16H2,(H,22,25)/t18-/m0/s1. The summed E-state index contributed by atoms with van der Waals surface area (Å²) >= 11 is 0.